The topological polar surface area (TPSA) is 139 Å². The Bertz CT molecular complexity index is 910. The van der Waals surface area contributed by atoms with Gasteiger partial charge in [-0.25, -0.2) is 19.5 Å². The molecule has 0 bridgehead atoms. The Labute approximate surface area is 185 Å². The highest BCUT2D eigenvalue weighted by Gasteiger charge is 2.21. The molecule has 1 aromatic heterocycles. The van der Waals surface area contributed by atoms with Crippen molar-refractivity contribution in [3.05, 3.63) is 79.0 Å². The summed E-state index contributed by atoms with van der Waals surface area (Å²) < 4.78 is 10.2. The van der Waals surface area contributed by atoms with Crippen LogP contribution in [0.15, 0.2) is 79.0 Å². The molecule has 10 nitrogen and oxygen atoms in total. The number of aromatic nitrogens is 1. The number of aromatic hydroxyl groups is 1. The first-order valence-corrected chi connectivity index (χ1v) is 9.46. The summed E-state index contributed by atoms with van der Waals surface area (Å²) in [5, 5.41) is 13.8. The minimum absolute atomic E-state index is 0.0347. The number of benzene rings is 2. The van der Waals surface area contributed by atoms with E-state index in [2.05, 4.69) is 15.6 Å². The second kappa shape index (κ2) is 12.4. The van der Waals surface area contributed by atoms with Crippen LogP contribution in [0.2, 0.25) is 0 Å². The molecule has 0 fully saturated rings. The van der Waals surface area contributed by atoms with Crippen LogP contribution in [-0.4, -0.2) is 47.7 Å². The maximum absolute atomic E-state index is 11.9. The van der Waals surface area contributed by atoms with Gasteiger partial charge in [0.15, 0.2) is 11.6 Å². The maximum Gasteiger partial charge on any atom is 0.415 e. The summed E-state index contributed by atoms with van der Waals surface area (Å²) in [6.45, 7) is 0. The molecule has 32 heavy (non-hydrogen) atoms. The minimum Gasteiger partial charge on any atom is -0.504 e. The number of anilines is 3. The van der Waals surface area contributed by atoms with Gasteiger partial charge in [0.2, 0.25) is 0 Å². The van der Waals surface area contributed by atoms with Crippen molar-refractivity contribution in [1.29, 1.82) is 0 Å². The molecule has 2 aromatic carbocycles. The molecule has 0 aliphatic heterocycles. The zero-order valence-corrected chi connectivity index (χ0v) is 17.6. The van der Waals surface area contributed by atoms with Crippen LogP contribution in [-0.2, 0) is 9.47 Å². The molecule has 2 amide bonds. The van der Waals surface area contributed by atoms with Gasteiger partial charge in [-0.3, -0.25) is 10.6 Å². The number of pyridine rings is 1. The van der Waals surface area contributed by atoms with Crippen LogP contribution in [0.1, 0.15) is 0 Å². The number of carbonyl (C=O) groups is 2. The highest BCUT2D eigenvalue weighted by molar-refractivity contribution is 5.86. The molecule has 5 N–H and O–H groups in total. The largest absolute Gasteiger partial charge is 0.504 e. The molecule has 0 aliphatic rings. The van der Waals surface area contributed by atoms with Gasteiger partial charge in [0.05, 0.1) is 0 Å². The lowest BCUT2D eigenvalue weighted by Crippen LogP contribution is -2.39. The zero-order chi connectivity index (χ0) is 23.3. The van der Waals surface area contributed by atoms with Crippen molar-refractivity contribution < 1.29 is 24.2 Å². The lowest BCUT2D eigenvalue weighted by molar-refractivity contribution is -0.133. The van der Waals surface area contributed by atoms with E-state index in [1.165, 1.54) is 17.2 Å². The van der Waals surface area contributed by atoms with Gasteiger partial charge < -0.3 is 20.3 Å². The number of carbonyl (C=O) groups excluding carboxylic acids is 2. The number of nitrogens with zero attached hydrogens (tertiary/aromatic N) is 2. The summed E-state index contributed by atoms with van der Waals surface area (Å²) in [4.78, 5) is 28.9. The number of hydrogen-bond donors (Lipinski definition) is 4. The van der Waals surface area contributed by atoms with Crippen molar-refractivity contribution in [1.82, 2.24) is 9.88 Å². The molecule has 1 heterocycles. The van der Waals surface area contributed by atoms with E-state index < -0.39 is 18.6 Å². The Balaban J connectivity index is 0.000000380. The van der Waals surface area contributed by atoms with Crippen LogP contribution in [0.5, 0.6) is 5.75 Å². The van der Waals surface area contributed by atoms with E-state index in [0.717, 1.165) is 0 Å². The lowest BCUT2D eigenvalue weighted by Gasteiger charge is -2.23. The number of nitrogens with two attached hydrogens (primary N) is 1. The summed E-state index contributed by atoms with van der Waals surface area (Å²) in [7, 11) is 3.24. The third-order valence-corrected chi connectivity index (χ3v) is 3.69. The van der Waals surface area contributed by atoms with Gasteiger partial charge in [-0.05, 0) is 50.5 Å². The SMILES string of the molecule is CN(C)C(OC(=O)Nc1ccccc1)OC(=O)Nc1ccccc1.Nc1ncccc1O. The molecular weight excluding hydrogens is 414 g/mol. The van der Waals surface area contributed by atoms with E-state index in [0.29, 0.717) is 11.4 Å². The van der Waals surface area contributed by atoms with E-state index in [4.69, 9.17) is 20.3 Å². The normalized spacial score (nSPS) is 10.0. The fraction of sp³-hybridized carbons (Fsp3) is 0.136. The minimum atomic E-state index is -1.17. The van der Waals surface area contributed by atoms with Gasteiger partial charge in [0.25, 0.3) is 0 Å². The Morgan fingerprint density at radius 1 is 0.875 bits per heavy atom. The van der Waals surface area contributed by atoms with Crippen molar-refractivity contribution in [2.24, 2.45) is 0 Å². The third kappa shape index (κ3) is 8.59. The van der Waals surface area contributed by atoms with Crippen molar-refractivity contribution in [2.75, 3.05) is 30.5 Å². The van der Waals surface area contributed by atoms with Crippen LogP contribution < -0.4 is 16.4 Å². The third-order valence-electron chi connectivity index (χ3n) is 3.69. The first-order chi connectivity index (χ1) is 15.3. The number of ether oxygens (including phenoxy) is 2. The predicted molar refractivity (Wildman–Crippen MR) is 121 cm³/mol. The Hall–Kier alpha value is -4.31. The van der Waals surface area contributed by atoms with Crippen molar-refractivity contribution >= 4 is 29.4 Å². The first kappa shape index (κ1) is 24.0. The van der Waals surface area contributed by atoms with Crippen molar-refractivity contribution in [2.45, 2.75) is 6.41 Å². The second-order valence-corrected chi connectivity index (χ2v) is 6.47. The molecule has 0 unspecified atom stereocenters. The number of para-hydroxylation sites is 2. The molecule has 0 saturated heterocycles. The lowest BCUT2D eigenvalue weighted by atomic mass is 10.3. The standard InChI is InChI=1S/C17H19N3O4.C5H6N2O/c1-20(2)17(23-15(21)18-13-9-5-3-6-10-13)24-16(22)19-14-11-7-4-8-12-14;6-5-4(8)2-1-3-7-5/h3-12,17H,1-2H3,(H,18,21)(H,19,22);1-3,8H,(H2,6,7). The van der Waals surface area contributed by atoms with Crippen molar-refractivity contribution in [3.8, 4) is 5.75 Å². The van der Waals surface area contributed by atoms with Gasteiger partial charge in [-0.1, -0.05) is 36.4 Å². The van der Waals surface area contributed by atoms with Crippen LogP contribution >= 0.6 is 0 Å². The van der Waals surface area contributed by atoms with Gasteiger partial charge >= 0.3 is 18.6 Å². The molecule has 0 saturated carbocycles. The Morgan fingerprint density at radius 2 is 1.34 bits per heavy atom. The number of rotatable bonds is 5. The number of nitrogens with one attached hydrogen (secondary N) is 2. The Kier molecular flexibility index (Phi) is 9.29. The fourth-order valence-corrected chi connectivity index (χ4v) is 2.16. The molecule has 168 valence electrons. The zero-order valence-electron chi connectivity index (χ0n) is 17.6. The van der Waals surface area contributed by atoms with E-state index in [9.17, 15) is 9.59 Å². The highest BCUT2D eigenvalue weighted by atomic mass is 16.7. The maximum atomic E-state index is 11.9. The van der Waals surface area contributed by atoms with E-state index in [1.54, 1.807) is 68.7 Å². The average Bonchev–Trinajstić information content (AvgIpc) is 2.77. The van der Waals surface area contributed by atoms with Gasteiger partial charge in [0, 0.05) is 17.6 Å². The number of amides is 2. The molecule has 0 atom stereocenters. The number of nitrogen functional groups attached to an aromatic ring is 1. The van der Waals surface area contributed by atoms with Crippen LogP contribution in [0.3, 0.4) is 0 Å². The molecule has 0 radical (unpaired) electrons. The fourth-order valence-electron chi connectivity index (χ4n) is 2.16. The first-order valence-electron chi connectivity index (χ1n) is 9.46. The van der Waals surface area contributed by atoms with Crippen LogP contribution in [0.4, 0.5) is 26.8 Å². The van der Waals surface area contributed by atoms with E-state index in [1.807, 2.05) is 12.1 Å². The summed E-state index contributed by atoms with van der Waals surface area (Å²) >= 11 is 0. The summed E-state index contributed by atoms with van der Waals surface area (Å²) in [6, 6.07) is 20.8. The quantitative estimate of drug-likeness (QED) is 0.441. The molecule has 0 spiro atoms. The smallest absolute Gasteiger partial charge is 0.415 e. The monoisotopic (exact) mass is 439 g/mol. The number of hydrogen-bond acceptors (Lipinski definition) is 8. The predicted octanol–water partition coefficient (Wildman–Crippen LogP) is 3.70. The van der Waals surface area contributed by atoms with Gasteiger partial charge in [-0.15, -0.1) is 0 Å². The molecular formula is C22H25N5O5. The molecule has 10 heteroatoms. The molecule has 0 aliphatic carbocycles. The summed E-state index contributed by atoms with van der Waals surface area (Å²) in [5.74, 6) is 0.208. The van der Waals surface area contributed by atoms with Crippen LogP contribution in [0, 0.1) is 0 Å². The molecule has 3 aromatic rings. The van der Waals surface area contributed by atoms with E-state index in [-0.39, 0.29) is 11.6 Å². The highest BCUT2D eigenvalue weighted by Crippen LogP contribution is 2.13. The second-order valence-electron chi connectivity index (χ2n) is 6.47. The van der Waals surface area contributed by atoms with Crippen molar-refractivity contribution in [3.63, 3.8) is 0 Å². The summed E-state index contributed by atoms with van der Waals surface area (Å²) in [5.41, 5.74) is 6.31. The van der Waals surface area contributed by atoms with Crippen LogP contribution in [0.25, 0.3) is 0 Å². The van der Waals surface area contributed by atoms with Gasteiger partial charge in [0.1, 0.15) is 0 Å². The summed E-state index contributed by atoms with van der Waals surface area (Å²) in [6.07, 6.45) is -1.10. The van der Waals surface area contributed by atoms with Gasteiger partial charge in [-0.2, -0.15) is 0 Å². The average molecular weight is 439 g/mol. The Morgan fingerprint density at radius 3 is 1.69 bits per heavy atom. The van der Waals surface area contributed by atoms with E-state index >= 15 is 0 Å². The molecule has 3 rings (SSSR count).